The number of nitrogens with zero attached hydrogens (tertiary/aromatic N) is 3. The van der Waals surface area contributed by atoms with Crippen molar-refractivity contribution < 1.29 is 4.39 Å². The summed E-state index contributed by atoms with van der Waals surface area (Å²) in [5.74, 6) is -0.382. The Hall–Kier alpha value is -1.42. The van der Waals surface area contributed by atoms with E-state index in [1.807, 2.05) is 6.92 Å². The zero-order valence-electron chi connectivity index (χ0n) is 8.11. The molecule has 0 atom stereocenters. The van der Waals surface area contributed by atoms with Crippen LogP contribution in [0, 0.1) is 5.82 Å². The molecule has 0 saturated carbocycles. The summed E-state index contributed by atoms with van der Waals surface area (Å²) in [4.78, 5) is 0. The first-order chi connectivity index (χ1) is 7.24. The van der Waals surface area contributed by atoms with Gasteiger partial charge in [-0.05, 0) is 18.6 Å². The van der Waals surface area contributed by atoms with E-state index in [0.29, 0.717) is 17.7 Å². The molecule has 5 heteroatoms. The largest absolute Gasteiger partial charge is 0.220 e. The Balaban J connectivity index is 2.62. The van der Waals surface area contributed by atoms with Crippen LogP contribution in [0.25, 0.3) is 5.69 Å². The molecule has 1 heterocycles. The van der Waals surface area contributed by atoms with Gasteiger partial charge in [0.15, 0.2) is 0 Å². The molecule has 0 aliphatic heterocycles. The molecule has 0 aliphatic carbocycles. The fraction of sp³-hybridized carbons (Fsp3) is 0.200. The highest BCUT2D eigenvalue weighted by Gasteiger charge is 2.12. The van der Waals surface area contributed by atoms with Gasteiger partial charge in [0.25, 0.3) is 0 Å². The lowest BCUT2D eigenvalue weighted by Crippen LogP contribution is -2.02. The highest BCUT2D eigenvalue weighted by molar-refractivity contribution is 6.30. The third kappa shape index (κ3) is 1.72. The predicted octanol–water partition coefficient (Wildman–Crippen LogP) is 2.62. The molecule has 2 rings (SSSR count). The highest BCUT2D eigenvalue weighted by atomic mass is 35.5. The summed E-state index contributed by atoms with van der Waals surface area (Å²) in [6, 6.07) is 3.26. The van der Waals surface area contributed by atoms with Gasteiger partial charge in [-0.3, -0.25) is 0 Å². The summed E-state index contributed by atoms with van der Waals surface area (Å²) in [6.07, 6.45) is 3.77. The van der Waals surface area contributed by atoms with Crippen LogP contribution in [0.15, 0.2) is 24.5 Å². The second-order valence-electron chi connectivity index (χ2n) is 3.06. The molecule has 0 radical (unpaired) electrons. The zero-order chi connectivity index (χ0) is 10.8. The second-order valence-corrected chi connectivity index (χ2v) is 3.47. The van der Waals surface area contributed by atoms with Gasteiger partial charge < -0.3 is 0 Å². The van der Waals surface area contributed by atoms with Crippen LogP contribution in [-0.2, 0) is 6.42 Å². The molecule has 0 saturated heterocycles. The summed E-state index contributed by atoms with van der Waals surface area (Å²) in [7, 11) is 0. The minimum Gasteiger partial charge on any atom is -0.220 e. The van der Waals surface area contributed by atoms with E-state index in [9.17, 15) is 4.39 Å². The van der Waals surface area contributed by atoms with Crippen molar-refractivity contribution in [3.05, 3.63) is 40.9 Å². The van der Waals surface area contributed by atoms with Crippen molar-refractivity contribution in [2.45, 2.75) is 13.3 Å². The third-order valence-corrected chi connectivity index (χ3v) is 2.49. The van der Waals surface area contributed by atoms with Gasteiger partial charge in [0.05, 0.1) is 23.1 Å². The zero-order valence-corrected chi connectivity index (χ0v) is 8.87. The van der Waals surface area contributed by atoms with Crippen LogP contribution in [0.2, 0.25) is 5.02 Å². The lowest BCUT2D eigenvalue weighted by Gasteiger charge is -2.09. The van der Waals surface area contributed by atoms with Gasteiger partial charge >= 0.3 is 0 Å². The summed E-state index contributed by atoms with van der Waals surface area (Å²) in [5, 5.41) is 7.64. The minimum absolute atomic E-state index is 0.135. The van der Waals surface area contributed by atoms with Gasteiger partial charge in [0.2, 0.25) is 0 Å². The molecule has 78 valence electrons. The molecular formula is C10H9ClFN3. The Bertz CT molecular complexity index is 468. The number of benzene rings is 1. The Kier molecular flexibility index (Phi) is 2.68. The molecule has 0 unspecified atom stereocenters. The van der Waals surface area contributed by atoms with Crippen LogP contribution in [-0.4, -0.2) is 15.0 Å². The van der Waals surface area contributed by atoms with Gasteiger partial charge in [-0.15, -0.1) is 5.10 Å². The van der Waals surface area contributed by atoms with Crippen LogP contribution in [0.5, 0.6) is 0 Å². The summed E-state index contributed by atoms with van der Waals surface area (Å²) >= 11 is 5.71. The van der Waals surface area contributed by atoms with Crippen molar-refractivity contribution in [2.24, 2.45) is 0 Å². The fourth-order valence-electron chi connectivity index (χ4n) is 1.47. The quantitative estimate of drug-likeness (QED) is 0.787. The Morgan fingerprint density at radius 3 is 2.87 bits per heavy atom. The van der Waals surface area contributed by atoms with E-state index in [1.165, 1.54) is 10.7 Å². The average molecular weight is 226 g/mol. The molecule has 3 nitrogen and oxygen atoms in total. The van der Waals surface area contributed by atoms with Crippen molar-refractivity contribution in [3.8, 4) is 5.69 Å². The number of rotatable bonds is 2. The van der Waals surface area contributed by atoms with E-state index in [-0.39, 0.29) is 10.8 Å². The Morgan fingerprint density at radius 2 is 2.27 bits per heavy atom. The first-order valence-corrected chi connectivity index (χ1v) is 4.95. The maximum Gasteiger partial charge on any atom is 0.147 e. The summed E-state index contributed by atoms with van der Waals surface area (Å²) in [6.45, 7) is 1.87. The lowest BCUT2D eigenvalue weighted by atomic mass is 10.1. The smallest absolute Gasteiger partial charge is 0.147 e. The molecule has 1 aromatic heterocycles. The van der Waals surface area contributed by atoms with Gasteiger partial charge in [-0.25, -0.2) is 9.07 Å². The van der Waals surface area contributed by atoms with Crippen LogP contribution < -0.4 is 0 Å². The maximum atomic E-state index is 13.7. The first-order valence-electron chi connectivity index (χ1n) is 4.57. The molecule has 0 fully saturated rings. The minimum atomic E-state index is -0.382. The molecule has 1 aromatic carbocycles. The average Bonchev–Trinajstić information content (AvgIpc) is 2.75. The van der Waals surface area contributed by atoms with Gasteiger partial charge in [0, 0.05) is 5.56 Å². The van der Waals surface area contributed by atoms with E-state index in [4.69, 9.17) is 11.6 Å². The van der Waals surface area contributed by atoms with Crippen molar-refractivity contribution in [1.82, 2.24) is 15.0 Å². The summed E-state index contributed by atoms with van der Waals surface area (Å²) < 4.78 is 15.2. The van der Waals surface area contributed by atoms with Crippen LogP contribution in [0.1, 0.15) is 12.5 Å². The number of halogens is 2. The number of aromatic nitrogens is 3. The van der Waals surface area contributed by atoms with Crippen LogP contribution in [0.3, 0.4) is 0 Å². The third-order valence-electron chi connectivity index (χ3n) is 2.19. The van der Waals surface area contributed by atoms with Crippen molar-refractivity contribution in [2.75, 3.05) is 0 Å². The van der Waals surface area contributed by atoms with E-state index in [1.54, 1.807) is 18.5 Å². The van der Waals surface area contributed by atoms with Gasteiger partial charge in [-0.1, -0.05) is 23.7 Å². The normalized spacial score (nSPS) is 10.6. The molecular weight excluding hydrogens is 217 g/mol. The van der Waals surface area contributed by atoms with E-state index in [2.05, 4.69) is 10.3 Å². The first kappa shape index (κ1) is 10.1. The van der Waals surface area contributed by atoms with Crippen molar-refractivity contribution in [3.63, 3.8) is 0 Å². The molecule has 15 heavy (non-hydrogen) atoms. The summed E-state index contributed by atoms with van der Waals surface area (Å²) in [5.41, 5.74) is 1.23. The Labute approximate surface area is 91.5 Å². The van der Waals surface area contributed by atoms with Crippen molar-refractivity contribution in [1.29, 1.82) is 0 Å². The molecule has 0 spiro atoms. The van der Waals surface area contributed by atoms with Crippen LogP contribution in [0.4, 0.5) is 4.39 Å². The highest BCUT2D eigenvalue weighted by Crippen LogP contribution is 2.24. The molecule has 0 amide bonds. The molecule has 0 bridgehead atoms. The van der Waals surface area contributed by atoms with Gasteiger partial charge in [0.1, 0.15) is 5.82 Å². The van der Waals surface area contributed by atoms with Crippen LogP contribution >= 0.6 is 11.6 Å². The molecule has 2 aromatic rings. The topological polar surface area (TPSA) is 30.7 Å². The second kappa shape index (κ2) is 3.98. The number of hydrogen-bond donors (Lipinski definition) is 0. The van der Waals surface area contributed by atoms with E-state index >= 15 is 0 Å². The monoisotopic (exact) mass is 225 g/mol. The Morgan fingerprint density at radius 1 is 1.47 bits per heavy atom. The van der Waals surface area contributed by atoms with E-state index in [0.717, 1.165) is 0 Å². The van der Waals surface area contributed by atoms with Crippen molar-refractivity contribution >= 4 is 11.6 Å². The molecule has 0 N–H and O–H groups in total. The number of hydrogen-bond acceptors (Lipinski definition) is 2. The van der Waals surface area contributed by atoms with Gasteiger partial charge in [-0.2, -0.15) is 0 Å². The molecule has 0 aliphatic rings. The standard InChI is InChI=1S/C10H9ClFN3/c1-2-7-9(15-6-5-13-14-15)4-3-8(11)10(7)12/h3-6H,2H2,1H3. The SMILES string of the molecule is CCc1c(-n2ccnn2)ccc(Cl)c1F. The maximum absolute atomic E-state index is 13.7. The van der Waals surface area contributed by atoms with E-state index < -0.39 is 0 Å². The lowest BCUT2D eigenvalue weighted by molar-refractivity contribution is 0.608. The fourth-order valence-corrected chi connectivity index (χ4v) is 1.65. The predicted molar refractivity (Wildman–Crippen MR) is 55.7 cm³/mol.